The lowest BCUT2D eigenvalue weighted by Crippen LogP contribution is -2.47. The molecule has 1 fully saturated rings. The quantitative estimate of drug-likeness (QED) is 0.629. The highest BCUT2D eigenvalue weighted by molar-refractivity contribution is 5.93. The molecule has 0 radical (unpaired) electrons. The Morgan fingerprint density at radius 3 is 2.88 bits per heavy atom. The normalized spacial score (nSPS) is 26.3. The fourth-order valence-corrected chi connectivity index (χ4v) is 3.12. The molecule has 0 aromatic heterocycles. The third-order valence-electron chi connectivity index (χ3n) is 4.78. The lowest BCUT2D eigenvalue weighted by Gasteiger charge is -2.33. The maximum absolute atomic E-state index is 13.0. The minimum absolute atomic E-state index is 0.0705. The summed E-state index contributed by atoms with van der Waals surface area (Å²) in [6, 6.07) is 4.86. The summed E-state index contributed by atoms with van der Waals surface area (Å²) in [6.45, 7) is 5.71. The van der Waals surface area contributed by atoms with E-state index in [1.807, 2.05) is 18.7 Å². The zero-order valence-corrected chi connectivity index (χ0v) is 13.9. The summed E-state index contributed by atoms with van der Waals surface area (Å²) in [5.41, 5.74) is 2.26. The highest BCUT2D eigenvalue weighted by Gasteiger charge is 2.42. The minimum Gasteiger partial charge on any atom is -0.491 e. The number of ether oxygens (including phenoxy) is 2. The fourth-order valence-electron chi connectivity index (χ4n) is 3.12. The van der Waals surface area contributed by atoms with Crippen molar-refractivity contribution in [3.8, 4) is 5.75 Å². The standard InChI is InChI=1S/C17H22N2O5/c1-11-9-24-14-7-12(15(20)18-22)3-4-13(14)8-19(11)16(21)17(2)5-6-23-10-17/h3-4,7,11,22H,5-6,8-10H2,1-2H3,(H,18,20)/t11-,17-/m0/s1. The molecule has 0 unspecified atom stereocenters. The largest absolute Gasteiger partial charge is 0.491 e. The number of benzene rings is 1. The van der Waals surface area contributed by atoms with Crippen LogP contribution in [0.5, 0.6) is 5.75 Å². The van der Waals surface area contributed by atoms with Gasteiger partial charge in [0, 0.05) is 24.3 Å². The van der Waals surface area contributed by atoms with Crippen molar-refractivity contribution in [1.82, 2.24) is 10.4 Å². The Morgan fingerprint density at radius 2 is 2.21 bits per heavy atom. The van der Waals surface area contributed by atoms with E-state index in [0.717, 1.165) is 12.0 Å². The monoisotopic (exact) mass is 334 g/mol. The molecule has 7 nitrogen and oxygen atoms in total. The van der Waals surface area contributed by atoms with Gasteiger partial charge in [0.05, 0.1) is 18.1 Å². The molecular weight excluding hydrogens is 312 g/mol. The Bertz CT molecular complexity index is 654. The molecule has 0 bridgehead atoms. The molecule has 2 aliphatic rings. The first kappa shape index (κ1) is 16.7. The third-order valence-corrected chi connectivity index (χ3v) is 4.78. The van der Waals surface area contributed by atoms with Gasteiger partial charge in [-0.15, -0.1) is 0 Å². The second-order valence-electron chi connectivity index (χ2n) is 6.72. The van der Waals surface area contributed by atoms with Gasteiger partial charge in [0.15, 0.2) is 0 Å². The topological polar surface area (TPSA) is 88.1 Å². The average Bonchev–Trinajstić information content (AvgIpc) is 2.97. The van der Waals surface area contributed by atoms with E-state index in [0.29, 0.717) is 37.7 Å². The summed E-state index contributed by atoms with van der Waals surface area (Å²) in [5.74, 6) is 0.0365. The summed E-state index contributed by atoms with van der Waals surface area (Å²) in [6.07, 6.45) is 0.721. The van der Waals surface area contributed by atoms with Gasteiger partial charge in [-0.1, -0.05) is 6.07 Å². The number of nitrogens with zero attached hydrogens (tertiary/aromatic N) is 1. The van der Waals surface area contributed by atoms with Crippen LogP contribution in [0.15, 0.2) is 18.2 Å². The van der Waals surface area contributed by atoms with Crippen LogP contribution < -0.4 is 10.2 Å². The maximum atomic E-state index is 13.0. The number of carbonyl (C=O) groups excluding carboxylic acids is 2. The van der Waals surface area contributed by atoms with Gasteiger partial charge in [-0.05, 0) is 32.4 Å². The minimum atomic E-state index is -0.595. The molecule has 0 saturated carbocycles. The number of amides is 2. The first-order valence-corrected chi connectivity index (χ1v) is 8.03. The van der Waals surface area contributed by atoms with E-state index in [4.69, 9.17) is 14.7 Å². The van der Waals surface area contributed by atoms with Gasteiger partial charge in [0.25, 0.3) is 5.91 Å². The van der Waals surface area contributed by atoms with E-state index in [-0.39, 0.29) is 11.9 Å². The van der Waals surface area contributed by atoms with Crippen LogP contribution in [0.3, 0.4) is 0 Å². The molecule has 3 rings (SSSR count). The zero-order chi connectivity index (χ0) is 17.3. The van der Waals surface area contributed by atoms with Gasteiger partial charge in [-0.25, -0.2) is 5.48 Å². The second kappa shape index (κ2) is 6.41. The molecule has 7 heteroatoms. The van der Waals surface area contributed by atoms with Gasteiger partial charge in [-0.2, -0.15) is 0 Å². The van der Waals surface area contributed by atoms with E-state index in [1.54, 1.807) is 23.7 Å². The smallest absolute Gasteiger partial charge is 0.274 e. The molecule has 0 spiro atoms. The number of hydroxylamine groups is 1. The molecular formula is C17H22N2O5. The zero-order valence-electron chi connectivity index (χ0n) is 13.9. The number of rotatable bonds is 2. The Hall–Kier alpha value is -2.12. The molecule has 2 heterocycles. The molecule has 1 aromatic rings. The Balaban J connectivity index is 1.87. The molecule has 2 atom stereocenters. The van der Waals surface area contributed by atoms with Crippen molar-refractivity contribution in [3.63, 3.8) is 0 Å². The van der Waals surface area contributed by atoms with Crippen molar-refractivity contribution >= 4 is 11.8 Å². The van der Waals surface area contributed by atoms with Crippen LogP contribution in [-0.4, -0.2) is 47.8 Å². The Morgan fingerprint density at radius 1 is 1.42 bits per heavy atom. The molecule has 2 N–H and O–H groups in total. The van der Waals surface area contributed by atoms with E-state index in [2.05, 4.69) is 0 Å². The fraction of sp³-hybridized carbons (Fsp3) is 0.529. The highest BCUT2D eigenvalue weighted by Crippen LogP contribution is 2.34. The van der Waals surface area contributed by atoms with Crippen LogP contribution in [0.1, 0.15) is 36.2 Å². The summed E-state index contributed by atoms with van der Waals surface area (Å²) in [4.78, 5) is 26.4. The predicted octanol–water partition coefficient (Wildman–Crippen LogP) is 1.34. The van der Waals surface area contributed by atoms with Gasteiger partial charge in [0.1, 0.15) is 12.4 Å². The molecule has 130 valence electrons. The molecule has 1 aromatic carbocycles. The molecule has 2 aliphatic heterocycles. The highest BCUT2D eigenvalue weighted by atomic mass is 16.5. The number of nitrogens with one attached hydrogen (secondary N) is 1. The Kier molecular flexibility index (Phi) is 4.47. The molecule has 2 amide bonds. The molecule has 24 heavy (non-hydrogen) atoms. The van der Waals surface area contributed by atoms with E-state index < -0.39 is 11.3 Å². The first-order valence-electron chi connectivity index (χ1n) is 8.03. The van der Waals surface area contributed by atoms with E-state index in [1.165, 1.54) is 0 Å². The Labute approximate surface area is 140 Å². The molecule has 1 saturated heterocycles. The van der Waals surface area contributed by atoms with Gasteiger partial charge < -0.3 is 14.4 Å². The van der Waals surface area contributed by atoms with E-state index >= 15 is 0 Å². The van der Waals surface area contributed by atoms with E-state index in [9.17, 15) is 9.59 Å². The van der Waals surface area contributed by atoms with Crippen LogP contribution >= 0.6 is 0 Å². The van der Waals surface area contributed by atoms with Gasteiger partial charge in [-0.3, -0.25) is 14.8 Å². The first-order chi connectivity index (χ1) is 11.4. The summed E-state index contributed by atoms with van der Waals surface area (Å²) in [5, 5.41) is 8.75. The third kappa shape index (κ3) is 2.97. The van der Waals surface area contributed by atoms with Crippen molar-refractivity contribution in [1.29, 1.82) is 0 Å². The molecule has 0 aliphatic carbocycles. The second-order valence-corrected chi connectivity index (χ2v) is 6.72. The lowest BCUT2D eigenvalue weighted by atomic mass is 9.87. The van der Waals surface area contributed by atoms with Crippen LogP contribution in [0.2, 0.25) is 0 Å². The SMILES string of the molecule is C[C@H]1COc2cc(C(=O)NO)ccc2CN1C(=O)[C@@]1(C)CCOC1. The van der Waals surface area contributed by atoms with Crippen molar-refractivity contribution in [2.75, 3.05) is 19.8 Å². The van der Waals surface area contributed by atoms with Crippen LogP contribution in [0.25, 0.3) is 0 Å². The van der Waals surface area contributed by atoms with Crippen molar-refractivity contribution in [2.24, 2.45) is 5.41 Å². The number of hydrogen-bond acceptors (Lipinski definition) is 5. The average molecular weight is 334 g/mol. The van der Waals surface area contributed by atoms with Crippen molar-refractivity contribution in [2.45, 2.75) is 32.9 Å². The van der Waals surface area contributed by atoms with Gasteiger partial charge in [0.2, 0.25) is 5.91 Å². The summed E-state index contributed by atoms with van der Waals surface area (Å²) < 4.78 is 11.2. The summed E-state index contributed by atoms with van der Waals surface area (Å²) >= 11 is 0. The van der Waals surface area contributed by atoms with Crippen molar-refractivity contribution in [3.05, 3.63) is 29.3 Å². The van der Waals surface area contributed by atoms with Crippen LogP contribution in [-0.2, 0) is 16.1 Å². The van der Waals surface area contributed by atoms with Gasteiger partial charge >= 0.3 is 0 Å². The number of carbonyl (C=O) groups is 2. The maximum Gasteiger partial charge on any atom is 0.274 e. The lowest BCUT2D eigenvalue weighted by molar-refractivity contribution is -0.144. The number of fused-ring (bicyclic) bond motifs is 1. The predicted molar refractivity (Wildman–Crippen MR) is 84.7 cm³/mol. The summed E-state index contributed by atoms with van der Waals surface area (Å²) in [7, 11) is 0. The van der Waals surface area contributed by atoms with Crippen LogP contribution in [0, 0.1) is 5.41 Å². The van der Waals surface area contributed by atoms with Crippen molar-refractivity contribution < 1.29 is 24.3 Å². The van der Waals surface area contributed by atoms with Crippen LogP contribution in [0.4, 0.5) is 0 Å². The number of hydrogen-bond donors (Lipinski definition) is 2.